The van der Waals surface area contributed by atoms with Gasteiger partial charge in [-0.15, -0.1) is 0 Å². The van der Waals surface area contributed by atoms with Crippen molar-refractivity contribution >= 4 is 60.8 Å². The molecule has 0 fully saturated rings. The third kappa shape index (κ3) is 6.82. The van der Waals surface area contributed by atoms with E-state index in [0.29, 0.717) is 29.3 Å². The molecule has 9 aromatic carbocycles. The first-order valence-corrected chi connectivity index (χ1v) is 20.7. The van der Waals surface area contributed by atoms with Gasteiger partial charge in [0.15, 0.2) is 28.6 Å². The number of benzene rings is 9. The summed E-state index contributed by atoms with van der Waals surface area (Å²) in [7, 11) is 0. The molecule has 0 aliphatic rings. The molecule has 0 radical (unpaired) electrons. The molecule has 0 unspecified atom stereocenters. The van der Waals surface area contributed by atoms with Crippen LogP contribution in [0.1, 0.15) is 0 Å². The van der Waals surface area contributed by atoms with Crippen LogP contribution in [-0.2, 0) is 0 Å². The van der Waals surface area contributed by atoms with E-state index in [9.17, 15) is 0 Å². The maximum Gasteiger partial charge on any atom is 0.227 e. The molecule has 63 heavy (non-hydrogen) atoms. The summed E-state index contributed by atoms with van der Waals surface area (Å²) in [5, 5.41) is 4.73. The summed E-state index contributed by atoms with van der Waals surface area (Å²) in [5.41, 5.74) is 10.5. The predicted octanol–water partition coefficient (Wildman–Crippen LogP) is 14.3. The van der Waals surface area contributed by atoms with Crippen molar-refractivity contribution in [2.24, 2.45) is 0 Å². The number of anilines is 3. The summed E-state index contributed by atoms with van der Waals surface area (Å²) in [6.45, 7) is 0. The zero-order valence-corrected chi connectivity index (χ0v) is 33.6. The quantitative estimate of drug-likeness (QED) is 0.150. The Kier molecular flexibility index (Phi) is 8.64. The van der Waals surface area contributed by atoms with E-state index in [4.69, 9.17) is 33.8 Å². The van der Waals surface area contributed by atoms with Crippen molar-refractivity contribution < 1.29 is 8.83 Å². The van der Waals surface area contributed by atoms with Gasteiger partial charge in [-0.25, -0.2) is 24.9 Å². The minimum absolute atomic E-state index is 0.542. The fraction of sp³-hybridized carbons (Fsp3) is 0. The summed E-state index contributed by atoms with van der Waals surface area (Å²) >= 11 is 0. The summed E-state index contributed by atoms with van der Waals surface area (Å²) in [6.07, 6.45) is 0. The van der Waals surface area contributed by atoms with Crippen LogP contribution in [0.5, 0.6) is 0 Å². The summed E-state index contributed by atoms with van der Waals surface area (Å²) in [4.78, 5) is 26.9. The first kappa shape index (κ1) is 36.1. The molecule has 3 aromatic heterocycles. The van der Waals surface area contributed by atoms with Crippen molar-refractivity contribution in [3.05, 3.63) is 206 Å². The van der Waals surface area contributed by atoms with Crippen molar-refractivity contribution in [3.63, 3.8) is 0 Å². The Balaban J connectivity index is 0.941. The molecule has 0 N–H and O–H groups in total. The van der Waals surface area contributed by atoms with Crippen molar-refractivity contribution in [2.45, 2.75) is 0 Å². The van der Waals surface area contributed by atoms with Crippen molar-refractivity contribution in [3.8, 4) is 57.1 Å². The zero-order chi connectivity index (χ0) is 41.7. The van der Waals surface area contributed by atoms with Gasteiger partial charge in [0.05, 0.1) is 0 Å². The number of rotatable bonds is 8. The normalized spacial score (nSPS) is 11.5. The number of aromatic nitrogens is 5. The van der Waals surface area contributed by atoms with E-state index in [1.54, 1.807) is 0 Å². The second-order valence-electron chi connectivity index (χ2n) is 15.4. The fourth-order valence-corrected chi connectivity index (χ4v) is 8.12. The molecular weight excluding hydrogens is 777 g/mol. The lowest BCUT2D eigenvalue weighted by Crippen LogP contribution is -2.10. The van der Waals surface area contributed by atoms with E-state index in [-0.39, 0.29) is 0 Å². The van der Waals surface area contributed by atoms with Gasteiger partial charge in [-0.3, -0.25) is 0 Å². The molecule has 0 amide bonds. The molecule has 0 aliphatic carbocycles. The second-order valence-corrected chi connectivity index (χ2v) is 15.4. The van der Waals surface area contributed by atoms with Gasteiger partial charge in [-0.1, -0.05) is 109 Å². The first-order chi connectivity index (χ1) is 31.1. The highest BCUT2D eigenvalue weighted by atomic mass is 16.4. The van der Waals surface area contributed by atoms with E-state index in [2.05, 4.69) is 114 Å². The number of fused-ring (bicyclic) bond motifs is 4. The molecule has 12 rings (SSSR count). The van der Waals surface area contributed by atoms with Crippen LogP contribution in [-0.4, -0.2) is 24.9 Å². The summed E-state index contributed by atoms with van der Waals surface area (Å²) < 4.78 is 12.1. The predicted molar refractivity (Wildman–Crippen MR) is 252 cm³/mol. The van der Waals surface area contributed by atoms with Gasteiger partial charge in [0.25, 0.3) is 0 Å². The Morgan fingerprint density at radius 3 is 1.06 bits per heavy atom. The molecule has 0 spiro atoms. The number of hydrogen-bond acceptors (Lipinski definition) is 8. The van der Waals surface area contributed by atoms with Gasteiger partial charge in [-0.05, 0) is 119 Å². The number of hydrogen-bond donors (Lipinski definition) is 0. The summed E-state index contributed by atoms with van der Waals surface area (Å²) in [6, 6.07) is 70.0. The maximum atomic E-state index is 6.07. The van der Waals surface area contributed by atoms with E-state index in [1.165, 1.54) is 21.5 Å². The SMILES string of the molecule is c1ccc2cc(N(c3ccc(-c4nc(-c5ccc(-c6nc7ccccc7o6)cc5)nc(-c5ccc(-c6nc7ccccc7o6)cc5)n4)cc3)c3ccc4ccccc4c3)ccc2c1. The minimum Gasteiger partial charge on any atom is -0.436 e. The van der Waals surface area contributed by atoms with Crippen molar-refractivity contribution in [2.75, 3.05) is 4.90 Å². The summed E-state index contributed by atoms with van der Waals surface area (Å²) in [5.74, 6) is 2.75. The molecule has 0 aliphatic heterocycles. The topological polar surface area (TPSA) is 94.0 Å². The first-order valence-electron chi connectivity index (χ1n) is 20.7. The van der Waals surface area contributed by atoms with Gasteiger partial charge >= 0.3 is 0 Å². The Bertz CT molecular complexity index is 3350. The lowest BCUT2D eigenvalue weighted by Gasteiger charge is -2.26. The lowest BCUT2D eigenvalue weighted by atomic mass is 10.1. The molecule has 8 heteroatoms. The van der Waals surface area contributed by atoms with Gasteiger partial charge in [0, 0.05) is 44.9 Å². The molecule has 3 heterocycles. The van der Waals surface area contributed by atoms with Crippen LogP contribution in [0, 0.1) is 0 Å². The Morgan fingerprint density at radius 2 is 0.635 bits per heavy atom. The molecular formula is C55H34N6O2. The van der Waals surface area contributed by atoms with E-state index in [0.717, 1.165) is 67.1 Å². The van der Waals surface area contributed by atoms with Gasteiger partial charge in [0.2, 0.25) is 11.8 Å². The zero-order valence-electron chi connectivity index (χ0n) is 33.6. The number of nitrogens with zero attached hydrogens (tertiary/aromatic N) is 6. The number of oxazole rings is 2. The van der Waals surface area contributed by atoms with Gasteiger partial charge in [0.1, 0.15) is 11.0 Å². The Labute approximate surface area is 361 Å². The van der Waals surface area contributed by atoms with Crippen LogP contribution in [0.2, 0.25) is 0 Å². The molecule has 0 saturated heterocycles. The minimum atomic E-state index is 0.542. The van der Waals surface area contributed by atoms with E-state index < -0.39 is 0 Å². The average molecular weight is 811 g/mol. The van der Waals surface area contributed by atoms with Crippen LogP contribution in [0.15, 0.2) is 215 Å². The molecule has 0 saturated carbocycles. The third-order valence-corrected chi connectivity index (χ3v) is 11.4. The fourth-order valence-electron chi connectivity index (χ4n) is 8.12. The standard InChI is InChI=1S/C55H34N6O2/c1-3-11-42-33-45(31-25-35(42)9-1)61(46-32-26-36-10-2-4-12-43(36)34-46)44-29-27-39(28-30-44)53-59-51(37-17-21-40(22-18-37)54-56-47-13-5-7-15-49(47)62-54)58-52(60-53)38-19-23-41(24-20-38)55-57-48-14-6-8-16-50(48)63-55/h1-34H. The highest BCUT2D eigenvalue weighted by Crippen LogP contribution is 2.39. The van der Waals surface area contributed by atoms with E-state index in [1.807, 2.05) is 97.1 Å². The van der Waals surface area contributed by atoms with Crippen LogP contribution >= 0.6 is 0 Å². The number of para-hydroxylation sites is 4. The average Bonchev–Trinajstić information content (AvgIpc) is 4.00. The monoisotopic (exact) mass is 810 g/mol. The van der Waals surface area contributed by atoms with Gasteiger partial charge < -0.3 is 13.7 Å². The van der Waals surface area contributed by atoms with Crippen LogP contribution in [0.25, 0.3) is 101 Å². The largest absolute Gasteiger partial charge is 0.436 e. The Morgan fingerprint density at radius 1 is 0.286 bits per heavy atom. The lowest BCUT2D eigenvalue weighted by molar-refractivity contribution is 0.619. The molecule has 8 nitrogen and oxygen atoms in total. The maximum absolute atomic E-state index is 6.07. The third-order valence-electron chi connectivity index (χ3n) is 11.4. The van der Waals surface area contributed by atoms with Crippen LogP contribution in [0.4, 0.5) is 17.1 Å². The highest BCUT2D eigenvalue weighted by Gasteiger charge is 2.18. The highest BCUT2D eigenvalue weighted by molar-refractivity contribution is 5.93. The molecule has 0 atom stereocenters. The van der Waals surface area contributed by atoms with Crippen LogP contribution < -0.4 is 4.90 Å². The van der Waals surface area contributed by atoms with Gasteiger partial charge in [-0.2, -0.15) is 0 Å². The van der Waals surface area contributed by atoms with Crippen molar-refractivity contribution in [1.82, 2.24) is 24.9 Å². The molecule has 0 bridgehead atoms. The van der Waals surface area contributed by atoms with E-state index >= 15 is 0 Å². The van der Waals surface area contributed by atoms with Crippen molar-refractivity contribution in [1.29, 1.82) is 0 Å². The second kappa shape index (κ2) is 15.1. The van der Waals surface area contributed by atoms with Crippen LogP contribution in [0.3, 0.4) is 0 Å². The smallest absolute Gasteiger partial charge is 0.227 e. The Hall–Kier alpha value is -8.75. The molecule has 12 aromatic rings. The molecule has 296 valence electrons.